The molecule has 0 heterocycles. The molecule has 0 aromatic heterocycles. The third kappa shape index (κ3) is 5.74. The Kier molecular flexibility index (Phi) is 8.27. The van der Waals surface area contributed by atoms with Gasteiger partial charge >= 0.3 is 0 Å². The lowest BCUT2D eigenvalue weighted by Crippen LogP contribution is -2.25. The molecule has 0 amide bonds. The molecule has 0 N–H and O–H groups in total. The number of halogens is 1. The zero-order valence-corrected chi connectivity index (χ0v) is 20.1. The van der Waals surface area contributed by atoms with Crippen LogP contribution in [0.5, 0.6) is 5.75 Å². The predicted octanol–water partition coefficient (Wildman–Crippen LogP) is 8.89. The fraction of sp³-hybridized carbons (Fsp3) is 0.600. The van der Waals surface area contributed by atoms with Gasteiger partial charge in [0.05, 0.1) is 0 Å². The fourth-order valence-electron chi connectivity index (χ4n) is 6.21. The Morgan fingerprint density at radius 3 is 2.25 bits per heavy atom. The molecule has 0 unspecified atom stereocenters. The molecular weight excluding hydrogens is 395 g/mol. The summed E-state index contributed by atoms with van der Waals surface area (Å²) in [5.41, 5.74) is 1.33. The van der Waals surface area contributed by atoms with Crippen LogP contribution in [-0.4, -0.2) is 6.61 Å². The van der Waals surface area contributed by atoms with Crippen molar-refractivity contribution in [2.45, 2.75) is 84.5 Å². The minimum Gasteiger partial charge on any atom is -0.486 e. The van der Waals surface area contributed by atoms with Crippen LogP contribution >= 0.6 is 0 Å². The van der Waals surface area contributed by atoms with Crippen LogP contribution in [0.1, 0.15) is 83.6 Å². The van der Waals surface area contributed by atoms with E-state index in [1.54, 1.807) is 6.07 Å². The highest BCUT2D eigenvalue weighted by Gasteiger charge is 2.30. The number of benzene rings is 2. The van der Waals surface area contributed by atoms with Gasteiger partial charge in [0.15, 0.2) is 11.6 Å². The van der Waals surface area contributed by atoms with Crippen molar-refractivity contribution in [2.75, 3.05) is 6.61 Å². The first-order valence-electron chi connectivity index (χ1n) is 13.1. The molecule has 32 heavy (non-hydrogen) atoms. The molecule has 0 aliphatic heterocycles. The molecule has 2 heteroatoms. The van der Waals surface area contributed by atoms with Crippen LogP contribution in [0.25, 0.3) is 10.8 Å². The molecule has 1 nitrogen and oxygen atoms in total. The lowest BCUT2D eigenvalue weighted by Gasteiger charge is -2.37. The second-order valence-corrected chi connectivity index (χ2v) is 10.3. The number of aryl methyl sites for hydroxylation is 1. The molecule has 174 valence electrons. The van der Waals surface area contributed by atoms with Gasteiger partial charge in [0.2, 0.25) is 0 Å². The summed E-state index contributed by atoms with van der Waals surface area (Å²) in [7, 11) is 0. The maximum absolute atomic E-state index is 14.8. The van der Waals surface area contributed by atoms with Crippen molar-refractivity contribution in [1.29, 1.82) is 0 Å². The maximum Gasteiger partial charge on any atom is 0.172 e. The SMILES string of the molecule is CC=CCOc1ccc2cc(CCC3CCC(C4CCC(CC)CC4)CC3)ccc2c1F. The third-order valence-electron chi connectivity index (χ3n) is 8.42. The molecule has 2 fully saturated rings. The van der Waals surface area contributed by atoms with Gasteiger partial charge in [0.1, 0.15) is 6.61 Å². The van der Waals surface area contributed by atoms with Gasteiger partial charge in [-0.3, -0.25) is 0 Å². The summed E-state index contributed by atoms with van der Waals surface area (Å²) in [6.45, 7) is 4.70. The van der Waals surface area contributed by atoms with E-state index in [1.165, 1.54) is 69.8 Å². The Labute approximate surface area is 194 Å². The van der Waals surface area contributed by atoms with Crippen molar-refractivity contribution in [1.82, 2.24) is 0 Å². The van der Waals surface area contributed by atoms with Gasteiger partial charge < -0.3 is 4.74 Å². The van der Waals surface area contributed by atoms with E-state index in [0.29, 0.717) is 17.7 Å². The number of hydrogen-bond acceptors (Lipinski definition) is 1. The van der Waals surface area contributed by atoms with E-state index in [9.17, 15) is 4.39 Å². The number of ether oxygens (including phenoxy) is 1. The number of hydrogen-bond donors (Lipinski definition) is 0. The van der Waals surface area contributed by atoms with Crippen LogP contribution in [0.2, 0.25) is 0 Å². The average molecular weight is 437 g/mol. The number of rotatable bonds is 8. The summed E-state index contributed by atoms with van der Waals surface area (Å²) in [4.78, 5) is 0. The van der Waals surface area contributed by atoms with Gasteiger partial charge in [-0.05, 0) is 86.1 Å². The van der Waals surface area contributed by atoms with E-state index in [-0.39, 0.29) is 5.82 Å². The first kappa shape index (κ1) is 23.3. The molecule has 0 bridgehead atoms. The van der Waals surface area contributed by atoms with Crippen molar-refractivity contribution in [2.24, 2.45) is 23.7 Å². The minimum absolute atomic E-state index is 0.246. The lowest BCUT2D eigenvalue weighted by atomic mass is 9.68. The summed E-state index contributed by atoms with van der Waals surface area (Å²) in [6, 6.07) is 9.97. The third-order valence-corrected chi connectivity index (χ3v) is 8.42. The molecule has 0 spiro atoms. The summed E-state index contributed by atoms with van der Waals surface area (Å²) < 4.78 is 20.3. The normalized spacial score (nSPS) is 26.6. The summed E-state index contributed by atoms with van der Waals surface area (Å²) in [5, 5.41) is 1.63. The van der Waals surface area contributed by atoms with Crippen LogP contribution in [0.3, 0.4) is 0 Å². The van der Waals surface area contributed by atoms with Gasteiger partial charge in [-0.1, -0.05) is 75.4 Å². The van der Waals surface area contributed by atoms with E-state index in [2.05, 4.69) is 19.1 Å². The monoisotopic (exact) mass is 436 g/mol. The van der Waals surface area contributed by atoms with E-state index in [4.69, 9.17) is 4.74 Å². The van der Waals surface area contributed by atoms with Gasteiger partial charge in [-0.15, -0.1) is 0 Å². The summed E-state index contributed by atoms with van der Waals surface area (Å²) in [5.74, 6) is 3.98. The van der Waals surface area contributed by atoms with Gasteiger partial charge in [0, 0.05) is 5.39 Å². The molecule has 0 radical (unpaired) electrons. The second kappa shape index (κ2) is 11.3. The van der Waals surface area contributed by atoms with Gasteiger partial charge in [-0.2, -0.15) is 0 Å². The fourth-order valence-corrected chi connectivity index (χ4v) is 6.21. The Bertz CT molecular complexity index is 885. The second-order valence-electron chi connectivity index (χ2n) is 10.3. The topological polar surface area (TPSA) is 9.23 Å². The molecule has 0 atom stereocenters. The first-order valence-corrected chi connectivity index (χ1v) is 13.1. The summed E-state index contributed by atoms with van der Waals surface area (Å²) >= 11 is 0. The molecular formula is C30H41FO. The maximum atomic E-state index is 14.8. The molecule has 2 aromatic carbocycles. The molecule has 2 aromatic rings. The van der Waals surface area contributed by atoms with Crippen molar-refractivity contribution >= 4 is 10.8 Å². The molecule has 4 rings (SSSR count). The summed E-state index contributed by atoms with van der Waals surface area (Å²) in [6.07, 6.45) is 19.2. The van der Waals surface area contributed by atoms with Gasteiger partial charge in [-0.25, -0.2) is 4.39 Å². The Hall–Kier alpha value is -1.83. The average Bonchev–Trinajstić information content (AvgIpc) is 2.84. The highest BCUT2D eigenvalue weighted by molar-refractivity contribution is 5.85. The van der Waals surface area contributed by atoms with E-state index >= 15 is 0 Å². The smallest absolute Gasteiger partial charge is 0.172 e. The van der Waals surface area contributed by atoms with Crippen molar-refractivity contribution < 1.29 is 9.13 Å². The van der Waals surface area contributed by atoms with Crippen molar-refractivity contribution in [3.05, 3.63) is 53.9 Å². The minimum atomic E-state index is -0.246. The van der Waals surface area contributed by atoms with Crippen LogP contribution in [-0.2, 0) is 6.42 Å². The molecule has 2 aliphatic rings. The standard InChI is InChI=1S/C30H41FO/c1-3-5-20-32-29-19-17-27-21-24(12-18-28(27)30(29)31)7-6-23-10-15-26(16-11-23)25-13-8-22(4-2)9-14-25/h3,5,12,17-19,21-23,25-26H,4,6-11,13-16,20H2,1-2H3. The Morgan fingerprint density at radius 1 is 0.906 bits per heavy atom. The Balaban J connectivity index is 1.27. The van der Waals surface area contributed by atoms with E-state index in [1.807, 2.05) is 31.2 Å². The predicted molar refractivity (Wildman–Crippen MR) is 134 cm³/mol. The highest BCUT2D eigenvalue weighted by Crippen LogP contribution is 2.42. The first-order chi connectivity index (χ1) is 15.7. The van der Waals surface area contributed by atoms with E-state index < -0.39 is 0 Å². The quantitative estimate of drug-likeness (QED) is 0.375. The molecule has 0 saturated heterocycles. The van der Waals surface area contributed by atoms with Crippen LogP contribution in [0.15, 0.2) is 42.5 Å². The van der Waals surface area contributed by atoms with Crippen LogP contribution < -0.4 is 4.74 Å². The lowest BCUT2D eigenvalue weighted by molar-refractivity contribution is 0.142. The van der Waals surface area contributed by atoms with Crippen LogP contribution in [0, 0.1) is 29.5 Å². The highest BCUT2D eigenvalue weighted by atomic mass is 19.1. The molecule has 2 saturated carbocycles. The number of allylic oxidation sites excluding steroid dienone is 1. The largest absolute Gasteiger partial charge is 0.486 e. The molecule has 2 aliphatic carbocycles. The van der Waals surface area contributed by atoms with Crippen LogP contribution in [0.4, 0.5) is 4.39 Å². The van der Waals surface area contributed by atoms with Crippen molar-refractivity contribution in [3.8, 4) is 5.75 Å². The van der Waals surface area contributed by atoms with Gasteiger partial charge in [0.25, 0.3) is 0 Å². The number of fused-ring (bicyclic) bond motifs is 1. The van der Waals surface area contributed by atoms with E-state index in [0.717, 1.165) is 35.5 Å². The van der Waals surface area contributed by atoms with Crippen molar-refractivity contribution in [3.63, 3.8) is 0 Å². The zero-order valence-electron chi connectivity index (χ0n) is 20.1. The Morgan fingerprint density at radius 2 is 1.59 bits per heavy atom. The zero-order chi connectivity index (χ0) is 22.3.